The number of amides is 1. The van der Waals surface area contributed by atoms with E-state index in [9.17, 15) is 9.59 Å². The van der Waals surface area contributed by atoms with Gasteiger partial charge in [0.1, 0.15) is 0 Å². The van der Waals surface area contributed by atoms with Crippen molar-refractivity contribution in [3.63, 3.8) is 0 Å². The van der Waals surface area contributed by atoms with Gasteiger partial charge in [-0.15, -0.1) is 0 Å². The Morgan fingerprint density at radius 3 is 2.58 bits per heavy atom. The summed E-state index contributed by atoms with van der Waals surface area (Å²) >= 11 is 0. The summed E-state index contributed by atoms with van der Waals surface area (Å²) in [4.78, 5) is 24.7. The Balaban J connectivity index is 2.12. The molecule has 0 bridgehead atoms. The van der Waals surface area contributed by atoms with Crippen LogP contribution in [0.5, 0.6) is 0 Å². The average Bonchev–Trinajstić information content (AvgIpc) is 2.93. The number of carboxylic acid groups (broad SMARTS) is 1. The maximum atomic E-state index is 11.9. The second-order valence-corrected chi connectivity index (χ2v) is 4.32. The number of hydrogen-bond donors (Lipinski definition) is 1. The summed E-state index contributed by atoms with van der Waals surface area (Å²) in [7, 11) is 0. The largest absolute Gasteiger partial charge is 0.478 e. The highest BCUT2D eigenvalue weighted by atomic mass is 16.4. The summed E-state index contributed by atoms with van der Waals surface area (Å²) in [6.45, 7) is 0.636. The Kier molecular flexibility index (Phi) is 4.13. The number of rotatable bonds is 4. The van der Waals surface area contributed by atoms with Gasteiger partial charge in [-0.25, -0.2) is 4.79 Å². The van der Waals surface area contributed by atoms with Gasteiger partial charge in [-0.1, -0.05) is 36.4 Å². The van der Waals surface area contributed by atoms with Crippen LogP contribution in [0.15, 0.2) is 48.2 Å². The quantitative estimate of drug-likeness (QED) is 0.842. The lowest BCUT2D eigenvalue weighted by atomic mass is 10.1. The summed E-state index contributed by atoms with van der Waals surface area (Å²) < 4.78 is 0. The maximum absolute atomic E-state index is 11.9. The van der Waals surface area contributed by atoms with Crippen LogP contribution in [0.4, 0.5) is 0 Å². The van der Waals surface area contributed by atoms with Crippen LogP contribution in [0.1, 0.15) is 18.4 Å². The Bertz CT molecular complexity index is 532. The van der Waals surface area contributed by atoms with Crippen LogP contribution >= 0.6 is 0 Å². The van der Waals surface area contributed by atoms with E-state index in [1.807, 2.05) is 36.4 Å². The molecule has 0 aliphatic carbocycles. The molecule has 19 heavy (non-hydrogen) atoms. The molecule has 1 amide bonds. The maximum Gasteiger partial charge on any atom is 0.332 e. The molecule has 0 aromatic heterocycles. The summed E-state index contributed by atoms with van der Waals surface area (Å²) in [5.74, 6) is -1.24. The number of hydrogen-bond acceptors (Lipinski definition) is 2. The molecular weight excluding hydrogens is 242 g/mol. The first-order valence-electron chi connectivity index (χ1n) is 6.12. The number of aliphatic carboxylic acids is 1. The number of benzene rings is 1. The van der Waals surface area contributed by atoms with Gasteiger partial charge in [-0.2, -0.15) is 0 Å². The van der Waals surface area contributed by atoms with Crippen LogP contribution in [-0.4, -0.2) is 28.4 Å². The van der Waals surface area contributed by atoms with Crippen LogP contribution in [0.3, 0.4) is 0 Å². The van der Waals surface area contributed by atoms with Gasteiger partial charge in [-0.3, -0.25) is 4.79 Å². The SMILES string of the molecule is O=C(O)C(=Cc1ccccc1)CC(=O)N1C=CCC1. The minimum absolute atomic E-state index is 0.0887. The van der Waals surface area contributed by atoms with Crippen molar-refractivity contribution < 1.29 is 14.7 Å². The molecule has 4 heteroatoms. The fourth-order valence-corrected chi connectivity index (χ4v) is 1.90. The van der Waals surface area contributed by atoms with Gasteiger partial charge >= 0.3 is 5.97 Å². The predicted molar refractivity (Wildman–Crippen MR) is 72.1 cm³/mol. The van der Waals surface area contributed by atoms with Crippen molar-refractivity contribution in [3.8, 4) is 0 Å². The highest BCUT2D eigenvalue weighted by molar-refractivity contribution is 5.98. The van der Waals surface area contributed by atoms with Crippen LogP contribution in [0, 0.1) is 0 Å². The van der Waals surface area contributed by atoms with Crippen molar-refractivity contribution in [2.45, 2.75) is 12.8 Å². The highest BCUT2D eigenvalue weighted by Gasteiger charge is 2.18. The third kappa shape index (κ3) is 3.55. The Morgan fingerprint density at radius 1 is 1.26 bits per heavy atom. The number of nitrogens with zero attached hydrogens (tertiary/aromatic N) is 1. The van der Waals surface area contributed by atoms with Gasteiger partial charge in [0.2, 0.25) is 5.91 Å². The zero-order valence-corrected chi connectivity index (χ0v) is 10.5. The first kappa shape index (κ1) is 13.1. The molecule has 1 N–H and O–H groups in total. The standard InChI is InChI=1S/C15H15NO3/c17-14(16-8-4-5-9-16)11-13(15(18)19)10-12-6-2-1-3-7-12/h1-4,6-8,10H,5,9,11H2,(H,18,19). The molecule has 0 saturated heterocycles. The third-order valence-electron chi connectivity index (χ3n) is 2.90. The number of carbonyl (C=O) groups excluding carboxylic acids is 1. The van der Waals surface area contributed by atoms with Crippen LogP contribution in [0.25, 0.3) is 6.08 Å². The van der Waals surface area contributed by atoms with Gasteiger partial charge in [0, 0.05) is 18.3 Å². The second kappa shape index (κ2) is 6.00. The zero-order chi connectivity index (χ0) is 13.7. The molecule has 1 aliphatic heterocycles. The number of carbonyl (C=O) groups is 2. The summed E-state index contributed by atoms with van der Waals surface area (Å²) in [6.07, 6.45) is 5.90. The number of carboxylic acids is 1. The van der Waals surface area contributed by atoms with Crippen molar-refractivity contribution >= 4 is 18.0 Å². The third-order valence-corrected chi connectivity index (χ3v) is 2.90. The molecule has 1 aromatic carbocycles. The summed E-state index contributed by atoms with van der Waals surface area (Å²) in [6, 6.07) is 9.14. The molecule has 0 atom stereocenters. The molecule has 1 aliphatic rings. The van der Waals surface area contributed by atoms with E-state index in [4.69, 9.17) is 5.11 Å². The molecule has 0 radical (unpaired) electrons. The van der Waals surface area contributed by atoms with E-state index in [0.29, 0.717) is 6.54 Å². The minimum atomic E-state index is -1.06. The van der Waals surface area contributed by atoms with Gasteiger partial charge in [-0.05, 0) is 18.1 Å². The molecule has 1 heterocycles. The highest BCUT2D eigenvalue weighted by Crippen LogP contribution is 2.14. The zero-order valence-electron chi connectivity index (χ0n) is 10.5. The lowest BCUT2D eigenvalue weighted by Gasteiger charge is -2.13. The van der Waals surface area contributed by atoms with E-state index >= 15 is 0 Å². The molecule has 0 unspecified atom stereocenters. The lowest BCUT2D eigenvalue weighted by molar-refractivity contribution is -0.135. The van der Waals surface area contributed by atoms with E-state index in [0.717, 1.165) is 12.0 Å². The first-order valence-corrected chi connectivity index (χ1v) is 6.12. The fraction of sp³-hybridized carbons (Fsp3) is 0.200. The molecule has 0 spiro atoms. The average molecular weight is 257 g/mol. The van der Waals surface area contributed by atoms with Crippen molar-refractivity contribution in [2.24, 2.45) is 0 Å². The van der Waals surface area contributed by atoms with Crippen LogP contribution < -0.4 is 0 Å². The van der Waals surface area contributed by atoms with Crippen LogP contribution in [-0.2, 0) is 9.59 Å². The van der Waals surface area contributed by atoms with Crippen molar-refractivity contribution in [3.05, 3.63) is 53.7 Å². The van der Waals surface area contributed by atoms with E-state index in [1.165, 1.54) is 0 Å². The predicted octanol–water partition coefficient (Wildman–Crippen LogP) is 2.29. The molecular formula is C15H15NO3. The van der Waals surface area contributed by atoms with E-state index < -0.39 is 5.97 Å². The van der Waals surface area contributed by atoms with Gasteiger partial charge in [0.25, 0.3) is 0 Å². The molecule has 2 rings (SSSR count). The second-order valence-electron chi connectivity index (χ2n) is 4.32. The molecule has 0 fully saturated rings. The Morgan fingerprint density at radius 2 is 2.00 bits per heavy atom. The van der Waals surface area contributed by atoms with Crippen molar-refractivity contribution in [1.29, 1.82) is 0 Å². The summed E-state index contributed by atoms with van der Waals surface area (Å²) in [5.41, 5.74) is 0.890. The fourth-order valence-electron chi connectivity index (χ4n) is 1.90. The van der Waals surface area contributed by atoms with Crippen LogP contribution in [0.2, 0.25) is 0 Å². The minimum Gasteiger partial charge on any atom is -0.478 e. The molecule has 4 nitrogen and oxygen atoms in total. The molecule has 1 aromatic rings. The van der Waals surface area contributed by atoms with E-state index in [2.05, 4.69) is 0 Å². The van der Waals surface area contributed by atoms with E-state index in [-0.39, 0.29) is 17.9 Å². The normalized spacial score (nSPS) is 14.7. The van der Waals surface area contributed by atoms with E-state index in [1.54, 1.807) is 17.2 Å². The van der Waals surface area contributed by atoms with Crippen molar-refractivity contribution in [2.75, 3.05) is 6.54 Å². The first-order chi connectivity index (χ1) is 9.16. The summed E-state index contributed by atoms with van der Waals surface area (Å²) in [5, 5.41) is 9.17. The smallest absolute Gasteiger partial charge is 0.332 e. The molecule has 98 valence electrons. The monoisotopic (exact) mass is 257 g/mol. The lowest BCUT2D eigenvalue weighted by Crippen LogP contribution is -2.25. The van der Waals surface area contributed by atoms with Crippen molar-refractivity contribution in [1.82, 2.24) is 4.90 Å². The Labute approximate surface area is 111 Å². The van der Waals surface area contributed by atoms with Gasteiger partial charge in [0.15, 0.2) is 0 Å². The van der Waals surface area contributed by atoms with Gasteiger partial charge < -0.3 is 10.0 Å². The van der Waals surface area contributed by atoms with Gasteiger partial charge in [0.05, 0.1) is 6.42 Å². The molecule has 0 saturated carbocycles. The topological polar surface area (TPSA) is 57.6 Å². The Hall–Kier alpha value is -2.36.